The van der Waals surface area contributed by atoms with Crippen molar-refractivity contribution in [1.82, 2.24) is 5.32 Å². The number of ether oxygens (including phenoxy) is 1. The Morgan fingerprint density at radius 3 is 2.79 bits per heavy atom. The van der Waals surface area contributed by atoms with Crippen LogP contribution in [0.2, 0.25) is 0 Å². The first kappa shape index (κ1) is 16.1. The SMILES string of the molecule is CCCC(COC)NCc1cc(Br)cc([N+](=O)[O-])c1. The summed E-state index contributed by atoms with van der Waals surface area (Å²) in [7, 11) is 1.67. The highest BCUT2D eigenvalue weighted by Crippen LogP contribution is 2.21. The summed E-state index contributed by atoms with van der Waals surface area (Å²) in [5.41, 5.74) is 0.989. The maximum Gasteiger partial charge on any atom is 0.270 e. The molecule has 1 unspecified atom stereocenters. The van der Waals surface area contributed by atoms with Crippen LogP contribution in [0.15, 0.2) is 22.7 Å². The van der Waals surface area contributed by atoms with Gasteiger partial charge in [0.25, 0.3) is 5.69 Å². The Kier molecular flexibility index (Phi) is 6.97. The van der Waals surface area contributed by atoms with Crippen LogP contribution >= 0.6 is 15.9 Å². The van der Waals surface area contributed by atoms with E-state index in [0.29, 0.717) is 13.2 Å². The molecule has 0 fully saturated rings. The van der Waals surface area contributed by atoms with Crippen molar-refractivity contribution in [3.8, 4) is 0 Å². The predicted molar refractivity (Wildman–Crippen MR) is 78.2 cm³/mol. The van der Waals surface area contributed by atoms with Gasteiger partial charge in [-0.2, -0.15) is 0 Å². The second-order valence-corrected chi connectivity index (χ2v) is 5.31. The van der Waals surface area contributed by atoms with Crippen LogP contribution in [0, 0.1) is 10.1 Å². The molecule has 0 radical (unpaired) electrons. The lowest BCUT2D eigenvalue weighted by Crippen LogP contribution is -2.32. The van der Waals surface area contributed by atoms with E-state index in [0.717, 1.165) is 22.9 Å². The van der Waals surface area contributed by atoms with Crippen LogP contribution in [0.25, 0.3) is 0 Å². The minimum atomic E-state index is -0.382. The molecule has 0 heterocycles. The van der Waals surface area contributed by atoms with E-state index in [1.54, 1.807) is 13.2 Å². The van der Waals surface area contributed by atoms with E-state index >= 15 is 0 Å². The van der Waals surface area contributed by atoms with Gasteiger partial charge in [-0.25, -0.2) is 0 Å². The summed E-state index contributed by atoms with van der Waals surface area (Å²) in [6.45, 7) is 3.35. The van der Waals surface area contributed by atoms with Gasteiger partial charge < -0.3 is 10.1 Å². The number of benzene rings is 1. The van der Waals surface area contributed by atoms with Crippen LogP contribution in [-0.4, -0.2) is 24.7 Å². The van der Waals surface area contributed by atoms with E-state index in [9.17, 15) is 10.1 Å². The van der Waals surface area contributed by atoms with Crippen LogP contribution in [0.3, 0.4) is 0 Å². The minimum Gasteiger partial charge on any atom is -0.383 e. The Morgan fingerprint density at radius 2 is 2.21 bits per heavy atom. The van der Waals surface area contributed by atoms with Gasteiger partial charge in [-0.05, 0) is 18.1 Å². The fourth-order valence-corrected chi connectivity index (χ4v) is 2.43. The largest absolute Gasteiger partial charge is 0.383 e. The summed E-state index contributed by atoms with van der Waals surface area (Å²) in [6, 6.07) is 5.25. The highest BCUT2D eigenvalue weighted by molar-refractivity contribution is 9.10. The van der Waals surface area contributed by atoms with Gasteiger partial charge >= 0.3 is 0 Å². The van der Waals surface area contributed by atoms with Crippen molar-refractivity contribution in [2.45, 2.75) is 32.4 Å². The zero-order valence-electron chi connectivity index (χ0n) is 11.2. The molecule has 1 atom stereocenters. The lowest BCUT2D eigenvalue weighted by atomic mass is 10.1. The maximum absolute atomic E-state index is 10.8. The topological polar surface area (TPSA) is 64.4 Å². The van der Waals surface area contributed by atoms with Gasteiger partial charge in [0.05, 0.1) is 11.5 Å². The summed E-state index contributed by atoms with van der Waals surface area (Å²) in [5.74, 6) is 0. The van der Waals surface area contributed by atoms with Crippen molar-refractivity contribution in [2.75, 3.05) is 13.7 Å². The molecule has 0 saturated carbocycles. The number of non-ortho nitro benzene ring substituents is 1. The second kappa shape index (κ2) is 8.24. The number of nitrogens with one attached hydrogen (secondary N) is 1. The zero-order valence-corrected chi connectivity index (χ0v) is 12.8. The van der Waals surface area contributed by atoms with E-state index in [2.05, 4.69) is 28.2 Å². The first-order valence-corrected chi connectivity index (χ1v) is 7.02. The first-order chi connectivity index (χ1) is 9.06. The van der Waals surface area contributed by atoms with E-state index in [1.807, 2.05) is 6.07 Å². The Hall–Kier alpha value is -0.980. The van der Waals surface area contributed by atoms with Crippen molar-refractivity contribution in [1.29, 1.82) is 0 Å². The number of hydrogen-bond acceptors (Lipinski definition) is 4. The number of rotatable bonds is 8. The number of hydrogen-bond donors (Lipinski definition) is 1. The number of methoxy groups -OCH3 is 1. The Balaban J connectivity index is 2.67. The van der Waals surface area contributed by atoms with Gasteiger partial charge in [-0.15, -0.1) is 0 Å². The van der Waals surface area contributed by atoms with Gasteiger partial charge in [0.15, 0.2) is 0 Å². The summed E-state index contributed by atoms with van der Waals surface area (Å²) in [6.07, 6.45) is 2.09. The van der Waals surface area contributed by atoms with Crippen LogP contribution in [0.5, 0.6) is 0 Å². The molecule has 0 aliphatic carbocycles. The molecule has 0 amide bonds. The summed E-state index contributed by atoms with van der Waals surface area (Å²) in [4.78, 5) is 10.4. The molecule has 6 heteroatoms. The molecular formula is C13H19BrN2O3. The molecular weight excluding hydrogens is 312 g/mol. The van der Waals surface area contributed by atoms with Gasteiger partial charge in [0, 0.05) is 36.3 Å². The lowest BCUT2D eigenvalue weighted by Gasteiger charge is -2.17. The number of nitrogens with zero attached hydrogens (tertiary/aromatic N) is 1. The van der Waals surface area contributed by atoms with Gasteiger partial charge in [-0.1, -0.05) is 29.3 Å². The molecule has 106 valence electrons. The predicted octanol–water partition coefficient (Wildman–Crippen LogP) is 3.26. The average molecular weight is 331 g/mol. The fraction of sp³-hybridized carbons (Fsp3) is 0.538. The Morgan fingerprint density at radius 1 is 1.47 bits per heavy atom. The highest BCUT2D eigenvalue weighted by atomic mass is 79.9. The normalized spacial score (nSPS) is 12.4. The van der Waals surface area contributed by atoms with E-state index in [1.165, 1.54) is 6.07 Å². The Bertz CT molecular complexity index is 420. The third kappa shape index (κ3) is 5.67. The molecule has 0 aliphatic rings. The second-order valence-electron chi connectivity index (χ2n) is 4.40. The van der Waals surface area contributed by atoms with E-state index in [4.69, 9.17) is 4.74 Å². The van der Waals surface area contributed by atoms with Crippen LogP contribution in [0.1, 0.15) is 25.3 Å². The third-order valence-electron chi connectivity index (χ3n) is 2.75. The third-order valence-corrected chi connectivity index (χ3v) is 3.21. The molecule has 1 aromatic carbocycles. The molecule has 19 heavy (non-hydrogen) atoms. The molecule has 1 aromatic rings. The lowest BCUT2D eigenvalue weighted by molar-refractivity contribution is -0.385. The van der Waals surface area contributed by atoms with Crippen molar-refractivity contribution in [2.24, 2.45) is 0 Å². The van der Waals surface area contributed by atoms with Crippen molar-refractivity contribution < 1.29 is 9.66 Å². The quantitative estimate of drug-likeness (QED) is 0.587. The summed E-state index contributed by atoms with van der Waals surface area (Å²) in [5, 5.41) is 14.2. The number of nitro benzene ring substituents is 1. The van der Waals surface area contributed by atoms with Gasteiger partial charge in [0.1, 0.15) is 0 Å². The monoisotopic (exact) mass is 330 g/mol. The van der Waals surface area contributed by atoms with E-state index in [-0.39, 0.29) is 16.7 Å². The highest BCUT2D eigenvalue weighted by Gasteiger charge is 2.11. The molecule has 0 spiro atoms. The summed E-state index contributed by atoms with van der Waals surface area (Å²) >= 11 is 3.29. The van der Waals surface area contributed by atoms with Crippen LogP contribution < -0.4 is 5.32 Å². The average Bonchev–Trinajstić information content (AvgIpc) is 2.36. The van der Waals surface area contributed by atoms with Crippen molar-refractivity contribution >= 4 is 21.6 Å². The van der Waals surface area contributed by atoms with Crippen LogP contribution in [-0.2, 0) is 11.3 Å². The molecule has 0 aliphatic heterocycles. The minimum absolute atomic E-state index is 0.102. The number of nitro groups is 1. The number of halogens is 1. The fourth-order valence-electron chi connectivity index (χ4n) is 1.90. The maximum atomic E-state index is 10.8. The molecule has 0 aromatic heterocycles. The van der Waals surface area contributed by atoms with Crippen molar-refractivity contribution in [3.63, 3.8) is 0 Å². The molecule has 0 saturated heterocycles. The van der Waals surface area contributed by atoms with E-state index < -0.39 is 0 Å². The van der Waals surface area contributed by atoms with Gasteiger partial charge in [0.2, 0.25) is 0 Å². The zero-order chi connectivity index (χ0) is 14.3. The van der Waals surface area contributed by atoms with Gasteiger partial charge in [-0.3, -0.25) is 10.1 Å². The molecule has 5 nitrogen and oxygen atoms in total. The molecule has 1 rings (SSSR count). The smallest absolute Gasteiger partial charge is 0.270 e. The summed E-state index contributed by atoms with van der Waals surface area (Å²) < 4.78 is 5.87. The van der Waals surface area contributed by atoms with Crippen molar-refractivity contribution in [3.05, 3.63) is 38.3 Å². The first-order valence-electron chi connectivity index (χ1n) is 6.23. The standard InChI is InChI=1S/C13H19BrN2O3/c1-3-4-12(9-19-2)15-8-10-5-11(14)7-13(6-10)16(17)18/h5-7,12,15H,3-4,8-9H2,1-2H3. The molecule has 0 bridgehead atoms. The Labute approximate surface area is 121 Å². The van der Waals surface area contributed by atoms with Crippen LogP contribution in [0.4, 0.5) is 5.69 Å². The molecule has 1 N–H and O–H groups in total.